The van der Waals surface area contributed by atoms with Gasteiger partial charge in [0.1, 0.15) is 23.6 Å². The van der Waals surface area contributed by atoms with Gasteiger partial charge in [0.05, 0.1) is 65.6 Å². The van der Waals surface area contributed by atoms with Crippen LogP contribution in [0.5, 0.6) is 0 Å². The van der Waals surface area contributed by atoms with Crippen LogP contribution in [0, 0.1) is 5.92 Å². The molecule has 1 aromatic carbocycles. The van der Waals surface area contributed by atoms with E-state index >= 15 is 4.39 Å². The molecule has 18 nitrogen and oxygen atoms in total. The number of ether oxygens (including phenoxy) is 2. The van der Waals surface area contributed by atoms with Crippen molar-refractivity contribution in [3.05, 3.63) is 64.6 Å². The maximum absolute atomic E-state index is 15.7. The molecule has 4 aromatic heterocycles. The number of nitrogens with zero attached hydrogens (tertiary/aromatic N) is 10. The number of nitrogens with one attached hydrogen (secondary N) is 2. The van der Waals surface area contributed by atoms with Gasteiger partial charge >= 0.3 is 5.69 Å². The number of alkyl halides is 3. The molecule has 2 N–H and O–H groups in total. The van der Waals surface area contributed by atoms with E-state index in [9.17, 15) is 28.0 Å². The van der Waals surface area contributed by atoms with Crippen LogP contribution in [0.3, 0.4) is 0 Å². The minimum Gasteiger partial charge on any atom is -0.374 e. The van der Waals surface area contributed by atoms with Crippen molar-refractivity contribution >= 4 is 51.6 Å². The summed E-state index contributed by atoms with van der Waals surface area (Å²) in [6, 6.07) is 6.77. The molecule has 1 saturated carbocycles. The van der Waals surface area contributed by atoms with E-state index in [-0.39, 0.29) is 66.5 Å². The van der Waals surface area contributed by atoms with E-state index in [1.165, 1.54) is 26.0 Å². The molecule has 11 rings (SSSR count). The van der Waals surface area contributed by atoms with Crippen molar-refractivity contribution in [1.82, 2.24) is 43.7 Å². The Morgan fingerprint density at radius 3 is 2.60 bits per heavy atom. The molecule has 5 aliphatic heterocycles. The maximum Gasteiger partial charge on any atom is 0.329 e. The second-order valence-electron chi connectivity index (χ2n) is 18.5. The number of para-hydroxylation sites is 1. The predicted octanol–water partition coefficient (Wildman–Crippen LogP) is 3.77. The van der Waals surface area contributed by atoms with E-state index in [2.05, 4.69) is 35.5 Å². The van der Waals surface area contributed by atoms with Gasteiger partial charge in [-0.2, -0.15) is 10.2 Å². The largest absolute Gasteiger partial charge is 0.374 e. The SMILES string of the molecule is Cn1c(=O)n(C2CCC(=O)NC2=O)c2cccc(N3CC(O[C@H]4CCN(CC5CCC(n6cc(NC(=O)c7cnn8ccc(N9C[C@H]%10C[C@@H]9CO%10)nc78)c(C(F)F)n6)CC5)C[C@H]4F)C3)c21. The molecule has 6 fully saturated rings. The van der Waals surface area contributed by atoms with Crippen molar-refractivity contribution in [3.8, 4) is 0 Å². The first-order chi connectivity index (χ1) is 31.4. The Hall–Kier alpha value is -5.80. The third-order valence-electron chi connectivity index (χ3n) is 14.4. The third-order valence-corrected chi connectivity index (χ3v) is 14.4. The Morgan fingerprint density at radius 2 is 1.86 bits per heavy atom. The number of aromatic nitrogens is 7. The molecule has 2 bridgehead atoms. The summed E-state index contributed by atoms with van der Waals surface area (Å²) in [6.07, 6.45) is 5.05. The number of amides is 3. The fourth-order valence-electron chi connectivity index (χ4n) is 11.0. The van der Waals surface area contributed by atoms with Gasteiger partial charge in [-0.15, -0.1) is 0 Å². The molecule has 0 spiro atoms. The molecule has 0 radical (unpaired) electrons. The highest BCUT2D eigenvalue weighted by Crippen LogP contribution is 2.38. The minimum absolute atomic E-state index is 0.0450. The van der Waals surface area contributed by atoms with Gasteiger partial charge in [0, 0.05) is 65.1 Å². The summed E-state index contributed by atoms with van der Waals surface area (Å²) in [6.45, 7) is 4.13. The molecule has 3 amide bonds. The van der Waals surface area contributed by atoms with E-state index in [1.54, 1.807) is 24.0 Å². The van der Waals surface area contributed by atoms with Crippen molar-refractivity contribution in [1.29, 1.82) is 0 Å². The van der Waals surface area contributed by atoms with Crippen LogP contribution in [0.15, 0.2) is 47.7 Å². The summed E-state index contributed by atoms with van der Waals surface area (Å²) in [4.78, 5) is 62.5. The number of imide groups is 1. The minimum atomic E-state index is -2.90. The number of anilines is 3. The molecule has 5 aromatic rings. The number of fused-ring (bicyclic) bond motifs is 4. The zero-order chi connectivity index (χ0) is 44.7. The third kappa shape index (κ3) is 7.63. The summed E-state index contributed by atoms with van der Waals surface area (Å²) in [5.74, 6) is -0.390. The van der Waals surface area contributed by atoms with Gasteiger partial charge in [-0.1, -0.05) is 6.07 Å². The lowest BCUT2D eigenvalue weighted by molar-refractivity contribution is -0.135. The van der Waals surface area contributed by atoms with E-state index in [0.717, 1.165) is 38.0 Å². The summed E-state index contributed by atoms with van der Waals surface area (Å²) < 4.78 is 62.4. The van der Waals surface area contributed by atoms with Crippen molar-refractivity contribution < 1.29 is 37.0 Å². The normalized spacial score (nSPS) is 27.6. The number of halogens is 3. The second-order valence-corrected chi connectivity index (χ2v) is 18.5. The van der Waals surface area contributed by atoms with Crippen LogP contribution in [0.1, 0.15) is 85.9 Å². The zero-order valence-corrected chi connectivity index (χ0v) is 35.9. The molecule has 1 aliphatic carbocycles. The van der Waals surface area contributed by atoms with E-state index in [0.29, 0.717) is 73.9 Å². The molecule has 5 saturated heterocycles. The fraction of sp³-hybridized carbons (Fsp3) is 0.568. The van der Waals surface area contributed by atoms with Gasteiger partial charge < -0.3 is 24.6 Å². The molecular weight excluding hydrogens is 850 g/mol. The van der Waals surface area contributed by atoms with Crippen molar-refractivity contribution in [2.24, 2.45) is 13.0 Å². The van der Waals surface area contributed by atoms with Crippen molar-refractivity contribution in [2.75, 3.05) is 61.0 Å². The highest BCUT2D eigenvalue weighted by atomic mass is 19.3. The van der Waals surface area contributed by atoms with Crippen LogP contribution in [0.4, 0.5) is 30.4 Å². The maximum atomic E-state index is 15.7. The molecular formula is C44H51F3N12O6. The number of piperidine rings is 2. The first-order valence-corrected chi connectivity index (χ1v) is 22.7. The van der Waals surface area contributed by atoms with Crippen LogP contribution < -0.4 is 26.1 Å². The Balaban J connectivity index is 0.663. The van der Waals surface area contributed by atoms with Gasteiger partial charge in [0.2, 0.25) is 11.8 Å². The first kappa shape index (κ1) is 41.9. The van der Waals surface area contributed by atoms with Gasteiger partial charge in [-0.05, 0) is 69.1 Å². The lowest BCUT2D eigenvalue weighted by Crippen LogP contribution is -2.56. The number of likely N-dealkylation sites (tertiary alicyclic amines) is 1. The first-order valence-electron chi connectivity index (χ1n) is 22.7. The van der Waals surface area contributed by atoms with Crippen LogP contribution in [-0.4, -0.2) is 133 Å². The Bertz CT molecular complexity index is 2720. The lowest BCUT2D eigenvalue weighted by Gasteiger charge is -2.45. The van der Waals surface area contributed by atoms with Gasteiger partial charge in [0.15, 0.2) is 11.3 Å². The van der Waals surface area contributed by atoms with Crippen LogP contribution in [0.25, 0.3) is 16.7 Å². The number of carbonyl (C=O) groups excluding carboxylic acids is 3. The van der Waals surface area contributed by atoms with Gasteiger partial charge in [-0.25, -0.2) is 27.5 Å². The average Bonchev–Trinajstić information content (AvgIpc) is 4.13. The van der Waals surface area contributed by atoms with Crippen molar-refractivity contribution in [2.45, 2.75) is 100 Å². The number of aryl methyl sites for hydroxylation is 1. The van der Waals surface area contributed by atoms with Gasteiger partial charge in [-0.3, -0.25) is 38.4 Å². The Kier molecular flexibility index (Phi) is 10.7. The standard InChI is InChI=1S/C44H51F3N12O6/c1-53-39-32(3-2-4-33(39)59(44(53)63)34-9-10-37(60)51-43(34)62)55-18-28(19-55)65-35-11-13-54(21-30(35)45)17-24-5-7-25(8-6-24)58-22-31(38(52-58)40(46)47)49-42(61)29-16-48-57-14-12-36(50-41(29)57)56-20-27-15-26(56)23-64-27/h2-4,12,14,16,22,24-28,30,34-35,40H,5-11,13,15,17-21,23H2,1H3,(H,49,61)(H,51,60,62)/t24?,25?,26-,27-,30-,34?,35+/m1/s1. The molecule has 21 heteroatoms. The molecule has 65 heavy (non-hydrogen) atoms. The second kappa shape index (κ2) is 16.6. The van der Waals surface area contributed by atoms with Crippen LogP contribution >= 0.6 is 0 Å². The van der Waals surface area contributed by atoms with Gasteiger partial charge in [0.25, 0.3) is 12.3 Å². The quantitative estimate of drug-likeness (QED) is 0.184. The number of imidazole rings is 1. The Labute approximate surface area is 370 Å². The summed E-state index contributed by atoms with van der Waals surface area (Å²) in [5, 5.41) is 13.5. The van der Waals surface area contributed by atoms with E-state index in [4.69, 9.17) is 14.5 Å². The number of benzene rings is 1. The molecule has 9 heterocycles. The number of morpholine rings is 1. The lowest BCUT2D eigenvalue weighted by atomic mass is 9.85. The highest BCUT2D eigenvalue weighted by Gasteiger charge is 2.41. The molecule has 6 aliphatic rings. The number of hydrogen-bond donors (Lipinski definition) is 2. The molecule has 1 unspecified atom stereocenters. The average molecular weight is 901 g/mol. The summed E-state index contributed by atoms with van der Waals surface area (Å²) >= 11 is 0. The summed E-state index contributed by atoms with van der Waals surface area (Å²) in [7, 11) is 1.67. The molecule has 5 atom stereocenters. The monoisotopic (exact) mass is 900 g/mol. The summed E-state index contributed by atoms with van der Waals surface area (Å²) in [5.41, 5.74) is 1.77. The van der Waals surface area contributed by atoms with E-state index < -0.39 is 42.3 Å². The number of rotatable bonds is 11. The smallest absolute Gasteiger partial charge is 0.329 e. The van der Waals surface area contributed by atoms with E-state index in [1.807, 2.05) is 18.2 Å². The number of carbonyl (C=O) groups is 3. The number of hydrogen-bond acceptors (Lipinski definition) is 12. The van der Waals surface area contributed by atoms with Crippen LogP contribution in [0.2, 0.25) is 0 Å². The molecule has 344 valence electrons. The zero-order valence-electron chi connectivity index (χ0n) is 35.9. The highest BCUT2D eigenvalue weighted by molar-refractivity contribution is 6.08. The fourth-order valence-corrected chi connectivity index (χ4v) is 11.0. The topological polar surface area (TPSA) is 178 Å². The Morgan fingerprint density at radius 1 is 1.03 bits per heavy atom. The predicted molar refractivity (Wildman–Crippen MR) is 230 cm³/mol. The van der Waals surface area contributed by atoms with Crippen molar-refractivity contribution in [3.63, 3.8) is 0 Å². The van der Waals surface area contributed by atoms with Crippen LogP contribution in [-0.2, 0) is 26.1 Å².